The number of amides is 4. The van der Waals surface area contributed by atoms with Gasteiger partial charge in [0.05, 0.1) is 41.2 Å². The first kappa shape index (κ1) is 19.4. The number of hydrogen-bond acceptors (Lipinski definition) is 7. The predicted octanol–water partition coefficient (Wildman–Crippen LogP) is -0.268. The number of nitrogens with two attached hydrogens (primary N) is 1. The molecule has 11 nitrogen and oxygen atoms in total. The van der Waals surface area contributed by atoms with Crippen LogP contribution in [0.3, 0.4) is 0 Å². The van der Waals surface area contributed by atoms with Gasteiger partial charge < -0.3 is 15.8 Å². The summed E-state index contributed by atoms with van der Waals surface area (Å²) in [6.45, 7) is 0.380. The Hall–Kier alpha value is -3.34. The number of carbonyl (C=O) groups excluding carboxylic acids is 4. The number of nitro benzene ring substituents is 1. The van der Waals surface area contributed by atoms with Crippen LogP contribution in [0.5, 0.6) is 0 Å². The molecule has 2 aliphatic rings. The number of ether oxygens (including phenoxy) is 1. The molecule has 11 heteroatoms. The van der Waals surface area contributed by atoms with Gasteiger partial charge in [-0.2, -0.15) is 0 Å². The Morgan fingerprint density at radius 1 is 1.25 bits per heavy atom. The van der Waals surface area contributed by atoms with E-state index in [0.29, 0.717) is 0 Å². The van der Waals surface area contributed by atoms with E-state index in [1.54, 1.807) is 0 Å². The summed E-state index contributed by atoms with van der Waals surface area (Å²) >= 11 is 0. The van der Waals surface area contributed by atoms with Crippen LogP contribution in [0, 0.1) is 10.1 Å². The summed E-state index contributed by atoms with van der Waals surface area (Å²) in [4.78, 5) is 59.1. The van der Waals surface area contributed by atoms with Crippen LogP contribution in [0.4, 0.5) is 5.69 Å². The van der Waals surface area contributed by atoms with Crippen molar-refractivity contribution in [3.05, 3.63) is 39.4 Å². The molecule has 1 aromatic rings. The van der Waals surface area contributed by atoms with E-state index in [1.165, 1.54) is 12.1 Å². The van der Waals surface area contributed by atoms with Gasteiger partial charge in [0.1, 0.15) is 0 Å². The number of imide groups is 1. The summed E-state index contributed by atoms with van der Waals surface area (Å²) in [7, 11) is 0. The summed E-state index contributed by atoms with van der Waals surface area (Å²) in [6.07, 6.45) is 0.191. The van der Waals surface area contributed by atoms with Crippen LogP contribution in [0.1, 0.15) is 40.0 Å². The van der Waals surface area contributed by atoms with Crippen molar-refractivity contribution < 1.29 is 28.8 Å². The van der Waals surface area contributed by atoms with Crippen LogP contribution in [0.25, 0.3) is 0 Å². The third-order valence-corrected chi connectivity index (χ3v) is 4.62. The van der Waals surface area contributed by atoms with Crippen molar-refractivity contribution in [3.8, 4) is 0 Å². The molecule has 4 amide bonds. The number of primary amides is 1. The molecule has 1 saturated heterocycles. The number of nitro groups is 1. The van der Waals surface area contributed by atoms with E-state index in [-0.39, 0.29) is 61.7 Å². The first-order valence-corrected chi connectivity index (χ1v) is 8.54. The van der Waals surface area contributed by atoms with E-state index in [1.807, 2.05) is 0 Å². The highest BCUT2D eigenvalue weighted by Gasteiger charge is 2.41. The molecule has 0 bridgehead atoms. The average Bonchev–Trinajstić information content (AvgIpc) is 2.83. The zero-order valence-electron chi connectivity index (χ0n) is 14.8. The normalized spacial score (nSPS) is 17.1. The number of nitrogens with one attached hydrogen (secondary N) is 1. The van der Waals surface area contributed by atoms with Gasteiger partial charge in [-0.25, -0.2) is 0 Å². The molecule has 148 valence electrons. The van der Waals surface area contributed by atoms with Crippen LogP contribution in [0.2, 0.25) is 0 Å². The van der Waals surface area contributed by atoms with Crippen molar-refractivity contribution in [2.45, 2.75) is 24.8 Å². The summed E-state index contributed by atoms with van der Waals surface area (Å²) in [5.41, 5.74) is 4.20. The average molecular weight is 390 g/mol. The first-order chi connectivity index (χ1) is 13.2. The van der Waals surface area contributed by atoms with Crippen LogP contribution in [0.15, 0.2) is 18.2 Å². The van der Waals surface area contributed by atoms with E-state index in [4.69, 9.17) is 10.5 Å². The monoisotopic (exact) mass is 390 g/mol. The van der Waals surface area contributed by atoms with E-state index in [2.05, 4.69) is 5.32 Å². The Balaban J connectivity index is 1.56. The van der Waals surface area contributed by atoms with Crippen LogP contribution >= 0.6 is 0 Å². The second kappa shape index (κ2) is 7.35. The fourth-order valence-electron chi connectivity index (χ4n) is 3.25. The van der Waals surface area contributed by atoms with Gasteiger partial charge in [-0.1, -0.05) is 0 Å². The van der Waals surface area contributed by atoms with Gasteiger partial charge in [0.2, 0.25) is 11.8 Å². The van der Waals surface area contributed by atoms with Crippen LogP contribution in [-0.2, 0) is 14.3 Å². The standard InChI is InChI=1S/C17H18N4O7/c18-13(22)7-17(8-28-9-17)19-14(23)2-1-5-20-15(24)11-4-3-10(21(26)27)6-12(11)16(20)25/h3-4,6H,1-2,5,7-9H2,(H2,18,22)(H,19,23). The van der Waals surface area contributed by atoms with Crippen molar-refractivity contribution >= 4 is 29.3 Å². The molecule has 28 heavy (non-hydrogen) atoms. The molecule has 2 heterocycles. The van der Waals surface area contributed by atoms with E-state index in [9.17, 15) is 29.3 Å². The lowest BCUT2D eigenvalue weighted by Crippen LogP contribution is -2.63. The van der Waals surface area contributed by atoms with E-state index in [0.717, 1.165) is 11.0 Å². The molecular formula is C17H18N4O7. The molecule has 1 aromatic carbocycles. The Kier molecular flexibility index (Phi) is 5.10. The van der Waals surface area contributed by atoms with Gasteiger partial charge in [0, 0.05) is 25.1 Å². The molecule has 3 N–H and O–H groups in total. The van der Waals surface area contributed by atoms with Gasteiger partial charge in [-0.15, -0.1) is 0 Å². The lowest BCUT2D eigenvalue weighted by molar-refractivity contribution is -0.384. The van der Waals surface area contributed by atoms with Crippen LogP contribution < -0.4 is 11.1 Å². The van der Waals surface area contributed by atoms with Crippen molar-refractivity contribution in [2.24, 2.45) is 5.73 Å². The highest BCUT2D eigenvalue weighted by molar-refractivity contribution is 6.21. The van der Waals surface area contributed by atoms with Crippen LogP contribution in [-0.4, -0.2) is 58.7 Å². The third kappa shape index (κ3) is 3.69. The maximum absolute atomic E-state index is 12.4. The Bertz CT molecular complexity index is 878. The molecule has 0 saturated carbocycles. The molecular weight excluding hydrogens is 372 g/mol. The minimum absolute atomic E-state index is 0.00706. The smallest absolute Gasteiger partial charge is 0.270 e. The van der Waals surface area contributed by atoms with Crippen molar-refractivity contribution in [3.63, 3.8) is 0 Å². The zero-order valence-corrected chi connectivity index (χ0v) is 14.8. The summed E-state index contributed by atoms with van der Waals surface area (Å²) in [5, 5.41) is 13.6. The number of non-ortho nitro benzene ring substituents is 1. The highest BCUT2D eigenvalue weighted by atomic mass is 16.6. The number of nitrogens with zero attached hydrogens (tertiary/aromatic N) is 2. The molecule has 3 rings (SSSR count). The lowest BCUT2D eigenvalue weighted by Gasteiger charge is -2.41. The highest BCUT2D eigenvalue weighted by Crippen LogP contribution is 2.27. The molecule has 1 fully saturated rings. The topological polar surface area (TPSA) is 162 Å². The number of hydrogen-bond donors (Lipinski definition) is 2. The van der Waals surface area contributed by atoms with Gasteiger partial charge in [0.15, 0.2) is 0 Å². The number of carbonyl (C=O) groups is 4. The predicted molar refractivity (Wildman–Crippen MR) is 93.2 cm³/mol. The quantitative estimate of drug-likeness (QED) is 0.351. The fraction of sp³-hybridized carbons (Fsp3) is 0.412. The van der Waals surface area contributed by atoms with Gasteiger partial charge in [-0.3, -0.25) is 34.2 Å². The number of benzene rings is 1. The molecule has 0 aliphatic carbocycles. The fourth-order valence-corrected chi connectivity index (χ4v) is 3.25. The second-order valence-corrected chi connectivity index (χ2v) is 6.82. The SMILES string of the molecule is NC(=O)CC1(NC(=O)CCCN2C(=O)c3ccc([N+](=O)[O-])cc3C2=O)COC1. The lowest BCUT2D eigenvalue weighted by atomic mass is 9.92. The van der Waals surface area contributed by atoms with E-state index >= 15 is 0 Å². The van der Waals surface area contributed by atoms with Crippen molar-refractivity contribution in [2.75, 3.05) is 19.8 Å². The van der Waals surface area contributed by atoms with Gasteiger partial charge in [-0.05, 0) is 12.5 Å². The Morgan fingerprint density at radius 2 is 1.93 bits per heavy atom. The van der Waals surface area contributed by atoms with Crippen molar-refractivity contribution in [1.82, 2.24) is 10.2 Å². The summed E-state index contributed by atoms with van der Waals surface area (Å²) in [6, 6.07) is 3.50. The maximum Gasteiger partial charge on any atom is 0.270 e. The zero-order chi connectivity index (χ0) is 20.5. The first-order valence-electron chi connectivity index (χ1n) is 8.54. The Labute approximate surface area is 158 Å². The van der Waals surface area contributed by atoms with E-state index < -0.39 is 28.2 Å². The number of fused-ring (bicyclic) bond motifs is 1. The maximum atomic E-state index is 12.4. The summed E-state index contributed by atoms with van der Waals surface area (Å²) < 4.78 is 5.05. The minimum Gasteiger partial charge on any atom is -0.376 e. The summed E-state index contributed by atoms with van der Waals surface area (Å²) in [5.74, 6) is -2.07. The molecule has 0 atom stereocenters. The third-order valence-electron chi connectivity index (χ3n) is 4.62. The molecule has 0 radical (unpaired) electrons. The van der Waals surface area contributed by atoms with Crippen molar-refractivity contribution in [1.29, 1.82) is 0 Å². The minimum atomic E-state index is -0.794. The molecule has 0 unspecified atom stereocenters. The number of rotatable bonds is 8. The largest absolute Gasteiger partial charge is 0.376 e. The second-order valence-electron chi connectivity index (χ2n) is 6.82. The molecule has 2 aliphatic heterocycles. The van der Waals surface area contributed by atoms with Gasteiger partial charge in [0.25, 0.3) is 17.5 Å². The Morgan fingerprint density at radius 3 is 2.50 bits per heavy atom. The molecule has 0 spiro atoms. The van der Waals surface area contributed by atoms with Gasteiger partial charge >= 0.3 is 0 Å². The molecule has 0 aromatic heterocycles.